The van der Waals surface area contributed by atoms with E-state index in [1.54, 1.807) is 0 Å². The molecule has 1 aromatic heterocycles. The zero-order valence-electron chi connectivity index (χ0n) is 14.0. The second-order valence-electron chi connectivity index (χ2n) is 6.95. The summed E-state index contributed by atoms with van der Waals surface area (Å²) in [5.41, 5.74) is 1.09. The monoisotopic (exact) mass is 318 g/mol. The fourth-order valence-electron chi connectivity index (χ4n) is 3.59. The van der Waals surface area contributed by atoms with Crippen molar-refractivity contribution in [3.05, 3.63) is 24.0 Å². The van der Waals surface area contributed by atoms with Crippen LogP contribution < -0.4 is 0 Å². The SMILES string of the molecule is CN(C)CCN1CC2CN(C(=O)CCc3ccc[nH]3)CC2C1=O. The first kappa shape index (κ1) is 16.1. The quantitative estimate of drug-likeness (QED) is 0.827. The molecule has 0 spiro atoms. The summed E-state index contributed by atoms with van der Waals surface area (Å²) in [6, 6.07) is 3.94. The van der Waals surface area contributed by atoms with Crippen LogP contribution in [0.1, 0.15) is 12.1 Å². The Morgan fingerprint density at radius 1 is 1.35 bits per heavy atom. The van der Waals surface area contributed by atoms with E-state index in [1.807, 2.05) is 42.2 Å². The molecule has 6 nitrogen and oxygen atoms in total. The Bertz CT molecular complexity index is 555. The minimum atomic E-state index is 0.0200. The number of H-pyrrole nitrogens is 1. The number of amides is 2. The van der Waals surface area contributed by atoms with Gasteiger partial charge in [-0.1, -0.05) is 0 Å². The smallest absolute Gasteiger partial charge is 0.227 e. The first-order valence-corrected chi connectivity index (χ1v) is 8.38. The standard InChI is InChI=1S/C17H26N4O2/c1-19(2)8-9-20-10-13-11-21(12-15(13)17(20)23)16(22)6-5-14-4-3-7-18-14/h3-4,7,13,15,18H,5-6,8-12H2,1-2H3. The topological polar surface area (TPSA) is 59.6 Å². The third-order valence-corrected chi connectivity index (χ3v) is 4.97. The Hall–Kier alpha value is -1.82. The Morgan fingerprint density at radius 3 is 2.83 bits per heavy atom. The largest absolute Gasteiger partial charge is 0.365 e. The van der Waals surface area contributed by atoms with E-state index in [1.165, 1.54) is 0 Å². The van der Waals surface area contributed by atoms with Gasteiger partial charge in [-0.25, -0.2) is 0 Å². The van der Waals surface area contributed by atoms with E-state index in [-0.39, 0.29) is 17.7 Å². The Balaban J connectivity index is 1.48. The third-order valence-electron chi connectivity index (χ3n) is 4.97. The summed E-state index contributed by atoms with van der Waals surface area (Å²) in [6.45, 7) is 3.82. The highest BCUT2D eigenvalue weighted by Gasteiger charge is 2.46. The first-order valence-electron chi connectivity index (χ1n) is 8.38. The molecule has 2 atom stereocenters. The second-order valence-corrected chi connectivity index (χ2v) is 6.95. The Morgan fingerprint density at radius 2 is 2.17 bits per heavy atom. The molecular formula is C17H26N4O2. The first-order chi connectivity index (χ1) is 11.0. The van der Waals surface area contributed by atoms with Crippen LogP contribution in [0.5, 0.6) is 0 Å². The van der Waals surface area contributed by atoms with Crippen molar-refractivity contribution in [1.29, 1.82) is 0 Å². The molecule has 1 aromatic rings. The van der Waals surface area contributed by atoms with Crippen molar-refractivity contribution in [3.8, 4) is 0 Å². The summed E-state index contributed by atoms with van der Waals surface area (Å²) in [5, 5.41) is 0. The molecule has 126 valence electrons. The lowest BCUT2D eigenvalue weighted by Gasteiger charge is -2.23. The number of carbonyl (C=O) groups is 2. The minimum Gasteiger partial charge on any atom is -0.365 e. The highest BCUT2D eigenvalue weighted by Crippen LogP contribution is 2.32. The summed E-state index contributed by atoms with van der Waals surface area (Å²) in [5.74, 6) is 0.740. The van der Waals surface area contributed by atoms with Gasteiger partial charge in [0.05, 0.1) is 5.92 Å². The molecule has 3 rings (SSSR count). The lowest BCUT2D eigenvalue weighted by Crippen LogP contribution is -2.38. The van der Waals surface area contributed by atoms with Crippen LogP contribution in [-0.4, -0.2) is 78.3 Å². The molecule has 2 aliphatic rings. The molecule has 3 heterocycles. The molecule has 0 aliphatic carbocycles. The predicted molar refractivity (Wildman–Crippen MR) is 87.8 cm³/mol. The maximum atomic E-state index is 12.5. The van der Waals surface area contributed by atoms with Gasteiger partial charge in [0, 0.05) is 57.0 Å². The second kappa shape index (κ2) is 6.74. The Kier molecular flexibility index (Phi) is 4.71. The number of likely N-dealkylation sites (N-methyl/N-ethyl adjacent to an activating group) is 1. The number of aromatic nitrogens is 1. The van der Waals surface area contributed by atoms with E-state index in [9.17, 15) is 9.59 Å². The van der Waals surface area contributed by atoms with Gasteiger partial charge >= 0.3 is 0 Å². The molecule has 0 bridgehead atoms. The van der Waals surface area contributed by atoms with E-state index in [0.717, 1.165) is 38.3 Å². The zero-order valence-corrected chi connectivity index (χ0v) is 14.0. The van der Waals surface area contributed by atoms with Crippen molar-refractivity contribution in [2.75, 3.05) is 46.8 Å². The number of likely N-dealkylation sites (tertiary alicyclic amines) is 2. The van der Waals surface area contributed by atoms with E-state index in [2.05, 4.69) is 9.88 Å². The molecule has 1 N–H and O–H groups in total. The van der Waals surface area contributed by atoms with Crippen LogP contribution in [0.15, 0.2) is 18.3 Å². The van der Waals surface area contributed by atoms with Gasteiger partial charge in [-0.15, -0.1) is 0 Å². The number of hydrogen-bond acceptors (Lipinski definition) is 3. The van der Waals surface area contributed by atoms with Crippen LogP contribution in [0.4, 0.5) is 0 Å². The van der Waals surface area contributed by atoms with E-state index >= 15 is 0 Å². The number of hydrogen-bond donors (Lipinski definition) is 1. The lowest BCUT2D eigenvalue weighted by atomic mass is 10.0. The number of nitrogens with zero attached hydrogens (tertiary/aromatic N) is 3. The average molecular weight is 318 g/mol. The van der Waals surface area contributed by atoms with Crippen LogP contribution in [0.25, 0.3) is 0 Å². The van der Waals surface area contributed by atoms with Gasteiger partial charge in [0.1, 0.15) is 0 Å². The van der Waals surface area contributed by atoms with Gasteiger partial charge < -0.3 is 19.7 Å². The number of carbonyl (C=O) groups excluding carboxylic acids is 2. The maximum Gasteiger partial charge on any atom is 0.227 e. The van der Waals surface area contributed by atoms with Gasteiger partial charge in [0.2, 0.25) is 11.8 Å². The molecular weight excluding hydrogens is 292 g/mol. The molecule has 0 aromatic carbocycles. The summed E-state index contributed by atoms with van der Waals surface area (Å²) >= 11 is 0. The van der Waals surface area contributed by atoms with Crippen molar-refractivity contribution in [2.45, 2.75) is 12.8 Å². The van der Waals surface area contributed by atoms with Crippen LogP contribution >= 0.6 is 0 Å². The molecule has 2 saturated heterocycles. The minimum absolute atomic E-state index is 0.0200. The fraction of sp³-hybridized carbons (Fsp3) is 0.647. The number of rotatable bonds is 6. The summed E-state index contributed by atoms with van der Waals surface area (Å²) in [4.78, 5) is 33.9. The molecule has 0 saturated carbocycles. The van der Waals surface area contributed by atoms with Gasteiger partial charge in [0.15, 0.2) is 0 Å². The Labute approximate surface area is 137 Å². The van der Waals surface area contributed by atoms with Crippen molar-refractivity contribution in [3.63, 3.8) is 0 Å². The molecule has 23 heavy (non-hydrogen) atoms. The van der Waals surface area contributed by atoms with E-state index < -0.39 is 0 Å². The molecule has 2 unspecified atom stereocenters. The number of fused-ring (bicyclic) bond motifs is 1. The molecule has 2 fully saturated rings. The average Bonchev–Trinajstić information content (AvgIpc) is 3.21. The normalized spacial score (nSPS) is 23.9. The van der Waals surface area contributed by atoms with Crippen LogP contribution in [-0.2, 0) is 16.0 Å². The van der Waals surface area contributed by atoms with Gasteiger partial charge in [-0.2, -0.15) is 0 Å². The van der Waals surface area contributed by atoms with Gasteiger partial charge in [0.25, 0.3) is 0 Å². The predicted octanol–water partition coefficient (Wildman–Crippen LogP) is 0.426. The zero-order chi connectivity index (χ0) is 16.4. The van der Waals surface area contributed by atoms with Crippen molar-refractivity contribution < 1.29 is 9.59 Å². The van der Waals surface area contributed by atoms with Crippen LogP contribution in [0.2, 0.25) is 0 Å². The summed E-state index contributed by atoms with van der Waals surface area (Å²) < 4.78 is 0. The highest BCUT2D eigenvalue weighted by atomic mass is 16.2. The van der Waals surface area contributed by atoms with Crippen LogP contribution in [0, 0.1) is 11.8 Å². The number of aryl methyl sites for hydroxylation is 1. The molecule has 0 radical (unpaired) electrons. The summed E-state index contributed by atoms with van der Waals surface area (Å²) in [6.07, 6.45) is 3.13. The highest BCUT2D eigenvalue weighted by molar-refractivity contribution is 5.84. The number of aromatic amines is 1. The maximum absolute atomic E-state index is 12.5. The fourth-order valence-corrected chi connectivity index (χ4v) is 3.59. The van der Waals surface area contributed by atoms with Crippen molar-refractivity contribution in [2.24, 2.45) is 11.8 Å². The third kappa shape index (κ3) is 3.58. The lowest BCUT2D eigenvalue weighted by molar-refractivity contribution is -0.133. The van der Waals surface area contributed by atoms with Gasteiger partial charge in [-0.3, -0.25) is 9.59 Å². The van der Waals surface area contributed by atoms with Crippen LogP contribution in [0.3, 0.4) is 0 Å². The molecule has 2 aliphatic heterocycles. The molecule has 6 heteroatoms. The van der Waals surface area contributed by atoms with E-state index in [4.69, 9.17) is 0 Å². The van der Waals surface area contributed by atoms with E-state index in [0.29, 0.717) is 18.9 Å². The van der Waals surface area contributed by atoms with Crippen molar-refractivity contribution >= 4 is 11.8 Å². The molecule has 2 amide bonds. The number of nitrogens with one attached hydrogen (secondary N) is 1. The van der Waals surface area contributed by atoms with Crippen molar-refractivity contribution in [1.82, 2.24) is 19.7 Å². The summed E-state index contributed by atoms with van der Waals surface area (Å²) in [7, 11) is 4.04. The van der Waals surface area contributed by atoms with Gasteiger partial charge in [-0.05, 0) is 32.6 Å².